The summed E-state index contributed by atoms with van der Waals surface area (Å²) in [6, 6.07) is 19.0. The Morgan fingerprint density at radius 2 is 1.38 bits per heavy atom. The van der Waals surface area contributed by atoms with Crippen LogP contribution in [0.1, 0.15) is 24.4 Å². The topological polar surface area (TPSA) is 53.1 Å². The van der Waals surface area contributed by atoms with E-state index in [1.54, 1.807) is 48.4 Å². The summed E-state index contributed by atoms with van der Waals surface area (Å²) >= 11 is 0. The maximum Gasteiger partial charge on any atom is 0.228 e. The number of carbonyl (C=O) groups excluding carboxylic acids is 2. The molecule has 0 N–H and O–H groups in total. The van der Waals surface area contributed by atoms with Crippen LogP contribution in [-0.4, -0.2) is 50.0 Å². The number of anilines is 2. The van der Waals surface area contributed by atoms with Gasteiger partial charge in [0.2, 0.25) is 11.8 Å². The number of nitrogens with zero attached hydrogens (tertiary/aromatic N) is 3. The van der Waals surface area contributed by atoms with Gasteiger partial charge in [-0.25, -0.2) is 8.78 Å². The van der Waals surface area contributed by atoms with Crippen molar-refractivity contribution in [1.29, 1.82) is 0 Å². The number of hydrogen-bond acceptors (Lipinski definition) is 4. The molecule has 0 aromatic heterocycles. The number of piperazine rings is 1. The van der Waals surface area contributed by atoms with Crippen molar-refractivity contribution < 1.29 is 23.1 Å². The summed E-state index contributed by atoms with van der Waals surface area (Å²) in [6.45, 7) is 2.32. The molecule has 0 saturated carbocycles. The second kappa shape index (κ2) is 10.6. The van der Waals surface area contributed by atoms with E-state index in [1.165, 1.54) is 24.3 Å². The second-order valence-corrected chi connectivity index (χ2v) is 9.39. The van der Waals surface area contributed by atoms with Gasteiger partial charge in [0.05, 0.1) is 19.1 Å². The first-order valence-electron chi connectivity index (χ1n) is 12.5. The maximum atomic E-state index is 13.9. The molecule has 2 aliphatic rings. The Labute approximate surface area is 215 Å². The van der Waals surface area contributed by atoms with Gasteiger partial charge in [-0.1, -0.05) is 12.1 Å². The van der Waals surface area contributed by atoms with E-state index in [1.807, 2.05) is 17.0 Å². The van der Waals surface area contributed by atoms with Crippen LogP contribution in [0.15, 0.2) is 72.8 Å². The average Bonchev–Trinajstić information content (AvgIpc) is 2.93. The minimum Gasteiger partial charge on any atom is -0.497 e. The molecule has 3 aromatic carbocycles. The zero-order valence-electron chi connectivity index (χ0n) is 20.6. The van der Waals surface area contributed by atoms with Crippen molar-refractivity contribution >= 4 is 23.2 Å². The molecule has 3 aromatic rings. The minimum absolute atomic E-state index is 0.0147. The van der Waals surface area contributed by atoms with Crippen LogP contribution in [0.25, 0.3) is 0 Å². The zero-order valence-corrected chi connectivity index (χ0v) is 20.6. The summed E-state index contributed by atoms with van der Waals surface area (Å²) < 4.78 is 32.4. The smallest absolute Gasteiger partial charge is 0.228 e. The fourth-order valence-electron chi connectivity index (χ4n) is 5.31. The molecule has 2 amide bonds. The van der Waals surface area contributed by atoms with E-state index in [9.17, 15) is 18.4 Å². The highest BCUT2D eigenvalue weighted by Crippen LogP contribution is 2.41. The van der Waals surface area contributed by atoms with Gasteiger partial charge in [-0.15, -0.1) is 0 Å². The van der Waals surface area contributed by atoms with E-state index < -0.39 is 12.0 Å². The molecule has 0 radical (unpaired) electrons. The fraction of sp³-hybridized carbons (Fsp3) is 0.310. The van der Waals surface area contributed by atoms with Crippen LogP contribution in [0.5, 0.6) is 5.75 Å². The molecule has 37 heavy (non-hydrogen) atoms. The van der Waals surface area contributed by atoms with Crippen LogP contribution >= 0.6 is 0 Å². The van der Waals surface area contributed by atoms with Gasteiger partial charge in [0.1, 0.15) is 17.4 Å². The van der Waals surface area contributed by atoms with E-state index in [4.69, 9.17) is 4.74 Å². The Morgan fingerprint density at radius 3 is 1.97 bits per heavy atom. The number of benzene rings is 3. The van der Waals surface area contributed by atoms with Crippen molar-refractivity contribution in [2.24, 2.45) is 5.92 Å². The highest BCUT2D eigenvalue weighted by Gasteiger charge is 2.43. The van der Waals surface area contributed by atoms with Gasteiger partial charge in [-0.05, 0) is 72.6 Å². The van der Waals surface area contributed by atoms with E-state index in [0.717, 1.165) is 5.69 Å². The van der Waals surface area contributed by atoms with E-state index in [0.29, 0.717) is 49.6 Å². The molecule has 6 nitrogen and oxygen atoms in total. The van der Waals surface area contributed by atoms with Gasteiger partial charge >= 0.3 is 0 Å². The lowest BCUT2D eigenvalue weighted by Crippen LogP contribution is -2.54. The molecule has 2 aliphatic heterocycles. The van der Waals surface area contributed by atoms with Crippen LogP contribution in [0.2, 0.25) is 0 Å². The van der Waals surface area contributed by atoms with Crippen LogP contribution in [0, 0.1) is 17.6 Å². The molecule has 192 valence electrons. The Hall–Kier alpha value is -3.94. The zero-order chi connectivity index (χ0) is 25.9. The average molecular weight is 506 g/mol. The summed E-state index contributed by atoms with van der Waals surface area (Å²) in [5.74, 6) is -0.552. The van der Waals surface area contributed by atoms with Crippen molar-refractivity contribution in [2.75, 3.05) is 43.1 Å². The number of amides is 2. The molecular weight excluding hydrogens is 476 g/mol. The standard InChI is InChI=1S/C29H29F2N3O3/c1-37-25-12-10-24(11-13-25)34-27(35)15-14-26(28(34)20-2-4-21(30)5-3-20)29(36)33-18-16-32(17-19-33)23-8-6-22(31)7-9-23/h2-13,26,28H,14-19H2,1H3/t26-,28+/m0/s1. The number of halogens is 2. The summed E-state index contributed by atoms with van der Waals surface area (Å²) in [4.78, 5) is 32.8. The molecular formula is C29H29F2N3O3. The number of methoxy groups -OCH3 is 1. The molecule has 0 unspecified atom stereocenters. The van der Waals surface area contributed by atoms with Crippen LogP contribution < -0.4 is 14.5 Å². The van der Waals surface area contributed by atoms with Crippen LogP contribution in [-0.2, 0) is 9.59 Å². The van der Waals surface area contributed by atoms with Gasteiger partial charge < -0.3 is 19.4 Å². The molecule has 2 fully saturated rings. The minimum atomic E-state index is -0.558. The van der Waals surface area contributed by atoms with E-state index in [2.05, 4.69) is 4.90 Å². The summed E-state index contributed by atoms with van der Waals surface area (Å²) in [5.41, 5.74) is 2.30. The third-order valence-electron chi connectivity index (χ3n) is 7.26. The summed E-state index contributed by atoms with van der Waals surface area (Å²) in [6.07, 6.45) is 0.667. The quantitative estimate of drug-likeness (QED) is 0.500. The predicted molar refractivity (Wildman–Crippen MR) is 138 cm³/mol. The fourth-order valence-corrected chi connectivity index (χ4v) is 5.31. The first-order valence-corrected chi connectivity index (χ1v) is 12.5. The first-order chi connectivity index (χ1) is 17.9. The Bertz CT molecular complexity index is 1240. The van der Waals surface area contributed by atoms with Gasteiger partial charge in [-0.3, -0.25) is 9.59 Å². The van der Waals surface area contributed by atoms with Gasteiger partial charge in [0.15, 0.2) is 0 Å². The lowest BCUT2D eigenvalue weighted by Gasteiger charge is -2.44. The number of carbonyl (C=O) groups is 2. The van der Waals surface area contributed by atoms with Gasteiger partial charge in [0.25, 0.3) is 0 Å². The Balaban J connectivity index is 1.41. The molecule has 2 atom stereocenters. The summed E-state index contributed by atoms with van der Waals surface area (Å²) in [7, 11) is 1.58. The highest BCUT2D eigenvalue weighted by atomic mass is 19.1. The number of rotatable bonds is 5. The van der Waals surface area contributed by atoms with Crippen LogP contribution in [0.3, 0.4) is 0 Å². The first kappa shape index (κ1) is 24.7. The van der Waals surface area contributed by atoms with Crippen molar-refractivity contribution in [2.45, 2.75) is 18.9 Å². The van der Waals surface area contributed by atoms with Crippen molar-refractivity contribution in [3.63, 3.8) is 0 Å². The third kappa shape index (κ3) is 5.14. The highest BCUT2D eigenvalue weighted by molar-refractivity contribution is 5.97. The predicted octanol–water partition coefficient (Wildman–Crippen LogP) is 4.81. The molecule has 0 bridgehead atoms. The second-order valence-electron chi connectivity index (χ2n) is 9.39. The van der Waals surface area contributed by atoms with E-state index >= 15 is 0 Å². The van der Waals surface area contributed by atoms with Crippen molar-refractivity contribution in [3.8, 4) is 5.75 Å². The molecule has 2 heterocycles. The number of ether oxygens (including phenoxy) is 1. The largest absolute Gasteiger partial charge is 0.497 e. The summed E-state index contributed by atoms with van der Waals surface area (Å²) in [5, 5.41) is 0. The van der Waals surface area contributed by atoms with Crippen molar-refractivity contribution in [3.05, 3.63) is 90.0 Å². The molecule has 0 spiro atoms. The molecule has 2 saturated heterocycles. The maximum absolute atomic E-state index is 13.9. The Kier molecular flexibility index (Phi) is 7.08. The Morgan fingerprint density at radius 1 is 0.811 bits per heavy atom. The van der Waals surface area contributed by atoms with Crippen molar-refractivity contribution in [1.82, 2.24) is 4.90 Å². The van der Waals surface area contributed by atoms with Gasteiger partial charge in [0, 0.05) is 44.0 Å². The SMILES string of the molecule is COc1ccc(N2C(=O)CC[C@H](C(=O)N3CCN(c4ccc(F)cc4)CC3)[C@H]2c2ccc(F)cc2)cc1. The van der Waals surface area contributed by atoms with E-state index in [-0.39, 0.29) is 29.9 Å². The van der Waals surface area contributed by atoms with Gasteiger partial charge in [-0.2, -0.15) is 0 Å². The monoisotopic (exact) mass is 505 g/mol. The lowest BCUT2D eigenvalue weighted by molar-refractivity contribution is -0.138. The third-order valence-corrected chi connectivity index (χ3v) is 7.26. The number of hydrogen-bond donors (Lipinski definition) is 0. The van der Waals surface area contributed by atoms with Crippen LogP contribution in [0.4, 0.5) is 20.2 Å². The molecule has 8 heteroatoms. The molecule has 5 rings (SSSR count). The number of piperidine rings is 1. The molecule has 0 aliphatic carbocycles. The normalized spacial score (nSPS) is 20.2. The lowest BCUT2D eigenvalue weighted by atomic mass is 9.82.